The second kappa shape index (κ2) is 10.7. The number of nitrogens with zero attached hydrogens (tertiary/aromatic N) is 2. The number of para-hydroxylation sites is 1. The van der Waals surface area contributed by atoms with Crippen LogP contribution < -0.4 is 5.32 Å². The summed E-state index contributed by atoms with van der Waals surface area (Å²) in [6, 6.07) is 14.3. The van der Waals surface area contributed by atoms with Crippen LogP contribution >= 0.6 is 0 Å². The van der Waals surface area contributed by atoms with Crippen LogP contribution in [0.25, 0.3) is 21.9 Å². The number of carbonyl (C=O) groups excluding carboxylic acids is 2. The largest absolute Gasteiger partial charge is 0.456 e. The van der Waals surface area contributed by atoms with Gasteiger partial charge in [0.1, 0.15) is 22.7 Å². The van der Waals surface area contributed by atoms with Gasteiger partial charge in [0.25, 0.3) is 0 Å². The van der Waals surface area contributed by atoms with Gasteiger partial charge in [0.05, 0.1) is 0 Å². The molecule has 3 fully saturated rings. The van der Waals surface area contributed by atoms with Crippen molar-refractivity contribution in [2.45, 2.75) is 89.3 Å². The Morgan fingerprint density at radius 2 is 1.74 bits per heavy atom. The Kier molecular flexibility index (Phi) is 7.17. The van der Waals surface area contributed by atoms with E-state index in [9.17, 15) is 9.59 Å². The maximum Gasteiger partial charge on any atom is 0.246 e. The standard InChI is InChI=1S/C32H41N3O3/c1-2-3-17-35-30(36)27(21-23-9-5-4-6-10-23)33-31(37)32(35)15-18-34(19-16-32)22-24-13-14-29-26(20-24)25-11-7-8-12-28(25)38-29/h7-8,11-14,20,23,27H,2-6,9-10,15-19,21-22H2,1H3,(H,33,37). The molecule has 1 spiro atoms. The summed E-state index contributed by atoms with van der Waals surface area (Å²) in [6.45, 7) is 5.29. The van der Waals surface area contributed by atoms with E-state index < -0.39 is 5.54 Å². The van der Waals surface area contributed by atoms with Crippen LogP contribution in [0.3, 0.4) is 0 Å². The highest BCUT2D eigenvalue weighted by Crippen LogP contribution is 2.37. The van der Waals surface area contributed by atoms with E-state index in [1.165, 1.54) is 37.7 Å². The molecule has 2 saturated heterocycles. The number of carbonyl (C=O) groups is 2. The lowest BCUT2D eigenvalue weighted by Gasteiger charge is -2.52. The van der Waals surface area contributed by atoms with Gasteiger partial charge in [0.15, 0.2) is 0 Å². The number of rotatable bonds is 7. The maximum absolute atomic E-state index is 13.8. The summed E-state index contributed by atoms with van der Waals surface area (Å²) >= 11 is 0. The first kappa shape index (κ1) is 25.4. The van der Waals surface area contributed by atoms with Crippen molar-refractivity contribution in [3.8, 4) is 0 Å². The van der Waals surface area contributed by atoms with Gasteiger partial charge in [0, 0.05) is 37.0 Å². The van der Waals surface area contributed by atoms with Gasteiger partial charge in [0.2, 0.25) is 11.8 Å². The predicted octanol–water partition coefficient (Wildman–Crippen LogP) is 6.02. The average Bonchev–Trinajstić information content (AvgIpc) is 3.31. The van der Waals surface area contributed by atoms with Crippen LogP contribution in [0, 0.1) is 5.92 Å². The summed E-state index contributed by atoms with van der Waals surface area (Å²) in [5.41, 5.74) is 2.39. The molecule has 1 atom stereocenters. The quantitative estimate of drug-likeness (QED) is 0.418. The minimum atomic E-state index is -0.698. The molecule has 3 aromatic rings. The van der Waals surface area contributed by atoms with Crippen LogP contribution in [-0.2, 0) is 16.1 Å². The van der Waals surface area contributed by atoms with Gasteiger partial charge in [-0.15, -0.1) is 0 Å². The normalized spacial score (nSPS) is 23.0. The highest BCUT2D eigenvalue weighted by Gasteiger charge is 2.53. The van der Waals surface area contributed by atoms with E-state index >= 15 is 0 Å². The lowest BCUT2D eigenvalue weighted by Crippen LogP contribution is -2.73. The third kappa shape index (κ3) is 4.72. The molecule has 0 bridgehead atoms. The zero-order chi connectivity index (χ0) is 26.1. The first-order valence-corrected chi connectivity index (χ1v) is 14.8. The van der Waals surface area contributed by atoms with Crippen LogP contribution in [0.15, 0.2) is 46.9 Å². The Labute approximate surface area is 225 Å². The van der Waals surface area contributed by atoms with E-state index in [1.54, 1.807) is 0 Å². The fraction of sp³-hybridized carbons (Fsp3) is 0.562. The van der Waals surface area contributed by atoms with E-state index in [0.717, 1.165) is 60.8 Å². The Hall–Kier alpha value is -2.86. The fourth-order valence-electron chi connectivity index (χ4n) is 7.14. The molecule has 0 radical (unpaired) electrons. The number of unbranched alkanes of at least 4 members (excludes halogenated alkanes) is 1. The van der Waals surface area contributed by atoms with Gasteiger partial charge in [-0.25, -0.2) is 0 Å². The SMILES string of the molecule is CCCCN1C(=O)C(CC2CCCCC2)NC(=O)C12CCN(Cc1ccc3oc4ccccc4c3c1)CC2. The topological polar surface area (TPSA) is 65.8 Å². The summed E-state index contributed by atoms with van der Waals surface area (Å²) in [5.74, 6) is 0.806. The Morgan fingerprint density at radius 1 is 0.974 bits per heavy atom. The van der Waals surface area contributed by atoms with E-state index in [2.05, 4.69) is 47.5 Å². The van der Waals surface area contributed by atoms with Crippen molar-refractivity contribution in [2.24, 2.45) is 5.92 Å². The van der Waals surface area contributed by atoms with Gasteiger partial charge >= 0.3 is 0 Å². The number of amides is 2. The number of likely N-dealkylation sites (tertiary alicyclic amines) is 1. The molecule has 2 aliphatic heterocycles. The van der Waals surface area contributed by atoms with E-state index in [1.807, 2.05) is 17.0 Å². The lowest BCUT2D eigenvalue weighted by atomic mass is 9.79. The third-order valence-corrected chi connectivity index (χ3v) is 9.37. The molecule has 2 amide bonds. The smallest absolute Gasteiger partial charge is 0.246 e. The molecule has 3 aliphatic rings. The Balaban J connectivity index is 1.16. The van der Waals surface area contributed by atoms with Crippen LogP contribution in [0.1, 0.15) is 76.7 Å². The fourth-order valence-corrected chi connectivity index (χ4v) is 7.14. The Bertz CT molecular complexity index is 1300. The molecule has 202 valence electrons. The van der Waals surface area contributed by atoms with Crippen molar-refractivity contribution in [3.05, 3.63) is 48.0 Å². The monoisotopic (exact) mass is 515 g/mol. The molecule has 2 aromatic carbocycles. The van der Waals surface area contributed by atoms with Crippen molar-refractivity contribution in [1.29, 1.82) is 0 Å². The summed E-state index contributed by atoms with van der Waals surface area (Å²) < 4.78 is 6.00. The second-order valence-corrected chi connectivity index (χ2v) is 11.8. The number of furan rings is 1. The van der Waals surface area contributed by atoms with Gasteiger partial charge < -0.3 is 14.6 Å². The number of benzene rings is 2. The molecular formula is C32H41N3O3. The summed E-state index contributed by atoms with van der Waals surface area (Å²) in [6.07, 6.45) is 10.3. The highest BCUT2D eigenvalue weighted by molar-refractivity contribution is 6.05. The van der Waals surface area contributed by atoms with Gasteiger partial charge in [-0.3, -0.25) is 14.5 Å². The maximum atomic E-state index is 13.8. The first-order valence-electron chi connectivity index (χ1n) is 14.8. The van der Waals surface area contributed by atoms with Crippen molar-refractivity contribution >= 4 is 33.8 Å². The highest BCUT2D eigenvalue weighted by atomic mass is 16.3. The molecule has 6 heteroatoms. The van der Waals surface area contributed by atoms with Crippen LogP contribution in [-0.4, -0.2) is 52.8 Å². The molecule has 1 N–H and O–H groups in total. The number of nitrogens with one attached hydrogen (secondary N) is 1. The van der Waals surface area contributed by atoms with Crippen LogP contribution in [0.2, 0.25) is 0 Å². The minimum absolute atomic E-state index is 0.0833. The van der Waals surface area contributed by atoms with Gasteiger partial charge in [-0.1, -0.05) is 69.7 Å². The van der Waals surface area contributed by atoms with Crippen molar-refractivity contribution in [2.75, 3.05) is 19.6 Å². The van der Waals surface area contributed by atoms with E-state index in [-0.39, 0.29) is 17.9 Å². The molecule has 6 rings (SSSR count). The second-order valence-electron chi connectivity index (χ2n) is 11.8. The molecule has 1 unspecified atom stereocenters. The average molecular weight is 516 g/mol. The molecule has 1 saturated carbocycles. The van der Waals surface area contributed by atoms with Crippen molar-refractivity contribution in [3.63, 3.8) is 0 Å². The summed E-state index contributed by atoms with van der Waals surface area (Å²) in [7, 11) is 0. The molecule has 3 heterocycles. The number of piperidine rings is 1. The number of piperazine rings is 1. The lowest BCUT2D eigenvalue weighted by molar-refractivity contribution is -0.162. The van der Waals surface area contributed by atoms with Crippen molar-refractivity contribution < 1.29 is 14.0 Å². The first-order chi connectivity index (χ1) is 18.6. The van der Waals surface area contributed by atoms with Crippen LogP contribution in [0.4, 0.5) is 0 Å². The van der Waals surface area contributed by atoms with E-state index in [4.69, 9.17) is 4.42 Å². The zero-order valence-corrected chi connectivity index (χ0v) is 22.7. The molecule has 1 aromatic heterocycles. The van der Waals surface area contributed by atoms with Gasteiger partial charge in [-0.05, 0) is 55.4 Å². The predicted molar refractivity (Wildman–Crippen MR) is 151 cm³/mol. The molecule has 38 heavy (non-hydrogen) atoms. The van der Waals surface area contributed by atoms with Gasteiger partial charge in [-0.2, -0.15) is 0 Å². The third-order valence-electron chi connectivity index (χ3n) is 9.37. The summed E-state index contributed by atoms with van der Waals surface area (Å²) in [4.78, 5) is 31.9. The van der Waals surface area contributed by atoms with Crippen LogP contribution in [0.5, 0.6) is 0 Å². The number of hydrogen-bond acceptors (Lipinski definition) is 4. The number of hydrogen-bond donors (Lipinski definition) is 1. The Morgan fingerprint density at radius 3 is 2.53 bits per heavy atom. The number of fused-ring (bicyclic) bond motifs is 3. The van der Waals surface area contributed by atoms with E-state index in [0.29, 0.717) is 25.3 Å². The molecule has 1 aliphatic carbocycles. The minimum Gasteiger partial charge on any atom is -0.456 e. The molecule has 6 nitrogen and oxygen atoms in total. The van der Waals surface area contributed by atoms with Crippen molar-refractivity contribution in [1.82, 2.24) is 15.1 Å². The molecular weight excluding hydrogens is 474 g/mol. The summed E-state index contributed by atoms with van der Waals surface area (Å²) in [5, 5.41) is 5.52. The zero-order valence-electron chi connectivity index (χ0n) is 22.7.